The zero-order chi connectivity index (χ0) is 16.8. The lowest BCUT2D eigenvalue weighted by atomic mass is 10.00. The van der Waals surface area contributed by atoms with E-state index in [-0.39, 0.29) is 11.8 Å². The fourth-order valence-electron chi connectivity index (χ4n) is 2.93. The van der Waals surface area contributed by atoms with Gasteiger partial charge in [-0.25, -0.2) is 0 Å². The number of rotatable bonds is 4. The van der Waals surface area contributed by atoms with Crippen LogP contribution >= 0.6 is 0 Å². The summed E-state index contributed by atoms with van der Waals surface area (Å²) in [5, 5.41) is 12.5. The van der Waals surface area contributed by atoms with Crippen LogP contribution in [0.15, 0.2) is 41.1 Å². The molecule has 0 spiro atoms. The Morgan fingerprint density at radius 2 is 1.92 bits per heavy atom. The molecule has 3 heterocycles. The Morgan fingerprint density at radius 3 is 2.68 bits per heavy atom. The third-order valence-electron chi connectivity index (χ3n) is 4.62. The Labute approximate surface area is 143 Å². The average Bonchev–Trinajstić information content (AvgIpc) is 3.14. The molecule has 1 saturated carbocycles. The second kappa shape index (κ2) is 5.51. The normalized spacial score (nSPS) is 17.5. The number of likely N-dealkylation sites (tertiary alicyclic amines) is 1. The lowest BCUT2D eigenvalue weighted by Crippen LogP contribution is -2.48. The molecule has 1 aliphatic heterocycles. The molecule has 1 saturated heterocycles. The van der Waals surface area contributed by atoms with E-state index in [2.05, 4.69) is 20.3 Å². The summed E-state index contributed by atoms with van der Waals surface area (Å²) in [5.41, 5.74) is 1.16. The van der Waals surface area contributed by atoms with Gasteiger partial charge in [-0.1, -0.05) is 23.4 Å². The summed E-state index contributed by atoms with van der Waals surface area (Å²) in [4.78, 5) is 20.2. The van der Waals surface area contributed by atoms with E-state index in [9.17, 15) is 4.79 Å². The first-order valence-electron chi connectivity index (χ1n) is 8.38. The van der Waals surface area contributed by atoms with Gasteiger partial charge in [-0.15, -0.1) is 5.10 Å². The number of carbonyl (C=O) groups excluding carboxylic acids is 1. The maximum absolute atomic E-state index is 12.5. The highest BCUT2D eigenvalue weighted by molar-refractivity contribution is 5.92. The third-order valence-corrected chi connectivity index (χ3v) is 4.62. The Bertz CT molecular complexity index is 908. The van der Waals surface area contributed by atoms with E-state index in [1.807, 2.05) is 30.3 Å². The van der Waals surface area contributed by atoms with Gasteiger partial charge in [0.15, 0.2) is 11.5 Å². The van der Waals surface area contributed by atoms with Crippen LogP contribution in [0.3, 0.4) is 0 Å². The molecule has 8 heteroatoms. The molecule has 1 aliphatic carbocycles. The van der Waals surface area contributed by atoms with Crippen LogP contribution in [-0.4, -0.2) is 49.0 Å². The molecular weight excluding hydrogens is 320 g/mol. The summed E-state index contributed by atoms with van der Waals surface area (Å²) in [6.07, 6.45) is 3.79. The molecule has 2 fully saturated rings. The van der Waals surface area contributed by atoms with Crippen molar-refractivity contribution in [2.45, 2.75) is 24.7 Å². The molecule has 0 N–H and O–H groups in total. The zero-order valence-electron chi connectivity index (χ0n) is 13.4. The van der Waals surface area contributed by atoms with Gasteiger partial charge in [0, 0.05) is 19.0 Å². The Morgan fingerprint density at radius 1 is 1.12 bits per heavy atom. The van der Waals surface area contributed by atoms with Crippen LogP contribution in [-0.2, 0) is 0 Å². The number of aromatic nitrogens is 5. The minimum atomic E-state index is -0.125. The van der Waals surface area contributed by atoms with Gasteiger partial charge in [0.25, 0.3) is 5.91 Å². The molecule has 0 radical (unpaired) electrons. The molecule has 1 aromatic carbocycles. The minimum absolute atomic E-state index is 0.119. The van der Waals surface area contributed by atoms with Crippen molar-refractivity contribution < 1.29 is 9.32 Å². The van der Waals surface area contributed by atoms with E-state index in [1.54, 1.807) is 4.90 Å². The largest absolute Gasteiger partial charge is 0.339 e. The van der Waals surface area contributed by atoms with Gasteiger partial charge in [0.2, 0.25) is 5.89 Å². The smallest absolute Gasteiger partial charge is 0.276 e. The van der Waals surface area contributed by atoms with Crippen LogP contribution in [0.4, 0.5) is 0 Å². The number of carbonyl (C=O) groups is 1. The Balaban J connectivity index is 1.24. The van der Waals surface area contributed by atoms with Gasteiger partial charge in [-0.2, -0.15) is 14.9 Å². The first-order chi connectivity index (χ1) is 12.3. The van der Waals surface area contributed by atoms with E-state index < -0.39 is 0 Å². The molecule has 1 amide bonds. The second-order valence-corrected chi connectivity index (χ2v) is 6.53. The zero-order valence-corrected chi connectivity index (χ0v) is 13.4. The van der Waals surface area contributed by atoms with Crippen molar-refractivity contribution in [2.24, 2.45) is 0 Å². The molecule has 0 unspecified atom stereocenters. The number of hydrogen-bond donors (Lipinski definition) is 0. The van der Waals surface area contributed by atoms with Gasteiger partial charge >= 0.3 is 0 Å². The molecule has 0 bridgehead atoms. The third kappa shape index (κ3) is 2.59. The molecule has 0 atom stereocenters. The second-order valence-electron chi connectivity index (χ2n) is 6.53. The number of benzene rings is 1. The molecule has 5 rings (SSSR count). The summed E-state index contributed by atoms with van der Waals surface area (Å²) >= 11 is 0. The van der Waals surface area contributed by atoms with Gasteiger partial charge in [-0.05, 0) is 25.0 Å². The van der Waals surface area contributed by atoms with E-state index in [1.165, 1.54) is 11.0 Å². The van der Waals surface area contributed by atoms with E-state index in [0.29, 0.717) is 30.6 Å². The van der Waals surface area contributed by atoms with Gasteiger partial charge in [0.05, 0.1) is 17.8 Å². The average molecular weight is 336 g/mol. The van der Waals surface area contributed by atoms with Crippen molar-refractivity contribution in [1.82, 2.24) is 30.0 Å². The minimum Gasteiger partial charge on any atom is -0.339 e. The summed E-state index contributed by atoms with van der Waals surface area (Å²) in [6, 6.07) is 9.51. The van der Waals surface area contributed by atoms with E-state index in [4.69, 9.17) is 4.52 Å². The fraction of sp³-hybridized carbons (Fsp3) is 0.353. The molecule has 126 valence electrons. The van der Waals surface area contributed by atoms with Crippen LogP contribution in [0, 0.1) is 0 Å². The number of hydrogen-bond acceptors (Lipinski definition) is 6. The fourth-order valence-corrected chi connectivity index (χ4v) is 2.93. The topological polar surface area (TPSA) is 89.9 Å². The van der Waals surface area contributed by atoms with Crippen LogP contribution in [0.25, 0.3) is 5.69 Å². The van der Waals surface area contributed by atoms with Crippen LogP contribution in [0.2, 0.25) is 0 Å². The van der Waals surface area contributed by atoms with Crippen molar-refractivity contribution in [3.05, 3.63) is 53.9 Å². The summed E-state index contributed by atoms with van der Waals surface area (Å²) in [5.74, 6) is 1.92. The summed E-state index contributed by atoms with van der Waals surface area (Å²) in [6.45, 7) is 1.15. The van der Waals surface area contributed by atoms with Crippen LogP contribution in [0.1, 0.15) is 46.9 Å². The maximum atomic E-state index is 12.5. The van der Waals surface area contributed by atoms with E-state index >= 15 is 0 Å². The highest BCUT2D eigenvalue weighted by Gasteiger charge is 2.38. The van der Waals surface area contributed by atoms with Gasteiger partial charge in [0.1, 0.15) is 0 Å². The standard InChI is InChI=1S/C17H16N6O2/c24-17(14-8-18-23(20-14)13-4-2-1-3-5-13)22-9-12(10-22)16-19-15(21-25-16)11-6-7-11/h1-5,8,11-12H,6-7,9-10H2. The highest BCUT2D eigenvalue weighted by atomic mass is 16.5. The Kier molecular flexibility index (Phi) is 3.16. The van der Waals surface area contributed by atoms with Crippen molar-refractivity contribution in [2.75, 3.05) is 13.1 Å². The van der Waals surface area contributed by atoms with Crippen LogP contribution in [0.5, 0.6) is 0 Å². The molecule has 25 heavy (non-hydrogen) atoms. The first kappa shape index (κ1) is 14.3. The van der Waals surface area contributed by atoms with Gasteiger partial charge < -0.3 is 9.42 Å². The van der Waals surface area contributed by atoms with Crippen molar-refractivity contribution in [3.63, 3.8) is 0 Å². The molecular formula is C17H16N6O2. The van der Waals surface area contributed by atoms with Crippen molar-refractivity contribution in [3.8, 4) is 5.69 Å². The summed E-state index contributed by atoms with van der Waals surface area (Å²) in [7, 11) is 0. The monoisotopic (exact) mass is 336 g/mol. The van der Waals surface area contributed by atoms with E-state index in [0.717, 1.165) is 24.4 Å². The first-order valence-corrected chi connectivity index (χ1v) is 8.38. The Hall–Kier alpha value is -3.03. The lowest BCUT2D eigenvalue weighted by molar-refractivity contribution is 0.0562. The van der Waals surface area contributed by atoms with Crippen molar-refractivity contribution in [1.29, 1.82) is 0 Å². The molecule has 3 aromatic rings. The molecule has 8 nitrogen and oxygen atoms in total. The lowest BCUT2D eigenvalue weighted by Gasteiger charge is -2.36. The van der Waals surface area contributed by atoms with Crippen LogP contribution < -0.4 is 0 Å². The maximum Gasteiger partial charge on any atom is 0.276 e. The quantitative estimate of drug-likeness (QED) is 0.721. The number of para-hydroxylation sites is 1. The van der Waals surface area contributed by atoms with Crippen molar-refractivity contribution >= 4 is 5.91 Å². The predicted octanol–water partition coefficient (Wildman–Crippen LogP) is 1.77. The molecule has 2 aromatic heterocycles. The van der Waals surface area contributed by atoms with Gasteiger partial charge in [-0.3, -0.25) is 4.79 Å². The number of amides is 1. The molecule has 2 aliphatic rings. The summed E-state index contributed by atoms with van der Waals surface area (Å²) < 4.78 is 5.33. The predicted molar refractivity (Wildman–Crippen MR) is 86.3 cm³/mol. The highest BCUT2D eigenvalue weighted by Crippen LogP contribution is 2.39. The number of nitrogens with zero attached hydrogens (tertiary/aromatic N) is 6. The SMILES string of the molecule is O=C(c1cnn(-c2ccccc2)n1)N1CC(c2nc(C3CC3)no2)C1.